The quantitative estimate of drug-likeness (QED) is 0.308. The van der Waals surface area contributed by atoms with Crippen molar-refractivity contribution in [3.05, 3.63) is 43.8 Å². The van der Waals surface area contributed by atoms with Crippen LogP contribution in [0.15, 0.2) is 27.7 Å². The summed E-state index contributed by atoms with van der Waals surface area (Å²) in [6.45, 7) is 1.96. The summed E-state index contributed by atoms with van der Waals surface area (Å²) < 4.78 is 30.4. The number of nitrogens with one attached hydrogen (secondary N) is 2. The molecule has 10 heteroatoms. The van der Waals surface area contributed by atoms with E-state index in [1.807, 2.05) is 13.8 Å². The molecule has 26 heavy (non-hydrogen) atoms. The predicted molar refractivity (Wildman–Crippen MR) is 115 cm³/mol. The fourth-order valence-corrected chi connectivity index (χ4v) is 3.35. The maximum absolute atomic E-state index is 12.5. The number of nitrogens with zero attached hydrogens (tertiary/aromatic N) is 2. The van der Waals surface area contributed by atoms with Crippen molar-refractivity contribution in [1.82, 2.24) is 15.6 Å². The molecule has 0 spiro atoms. The number of aliphatic imine (C=N–C) groups is 1. The summed E-state index contributed by atoms with van der Waals surface area (Å²) >= 11 is 4.96. The van der Waals surface area contributed by atoms with Crippen LogP contribution in [0.5, 0.6) is 5.75 Å². The van der Waals surface area contributed by atoms with Gasteiger partial charge in [0, 0.05) is 28.5 Å². The number of hydrogen-bond donors (Lipinski definition) is 2. The summed E-state index contributed by atoms with van der Waals surface area (Å²) in [7, 11) is 1.64. The van der Waals surface area contributed by atoms with Crippen molar-refractivity contribution in [2.24, 2.45) is 4.99 Å². The van der Waals surface area contributed by atoms with Gasteiger partial charge in [0.25, 0.3) is 0 Å². The highest BCUT2D eigenvalue weighted by Crippen LogP contribution is 2.24. The Bertz CT molecular complexity index is 738. The van der Waals surface area contributed by atoms with Gasteiger partial charge in [-0.15, -0.1) is 35.3 Å². The maximum atomic E-state index is 12.5. The standard InChI is InChI=1S/C16H19BrF2N4OS.HI/c1-9-10(2)25-14(23-9)8-22-16(20-3)21-7-11-6-12(17)4-5-13(11)24-15(18)19;/h4-6,15H,7-8H2,1-3H3,(H2,20,21,22);1H. The predicted octanol–water partition coefficient (Wildman–Crippen LogP) is 4.61. The molecular formula is C16H20BrF2IN4OS. The molecule has 0 radical (unpaired) electrons. The number of aryl methyl sites for hydroxylation is 2. The molecule has 144 valence electrons. The van der Waals surface area contributed by atoms with Gasteiger partial charge >= 0.3 is 6.61 Å². The summed E-state index contributed by atoms with van der Waals surface area (Å²) in [6, 6.07) is 4.89. The zero-order chi connectivity index (χ0) is 18.4. The number of hydrogen-bond acceptors (Lipinski definition) is 4. The second kappa shape index (κ2) is 11.0. The van der Waals surface area contributed by atoms with Gasteiger partial charge in [-0.25, -0.2) is 4.98 Å². The molecule has 0 fully saturated rings. The Labute approximate surface area is 180 Å². The number of guanidine groups is 1. The van der Waals surface area contributed by atoms with E-state index >= 15 is 0 Å². The van der Waals surface area contributed by atoms with E-state index < -0.39 is 6.61 Å². The first kappa shape index (κ1) is 23.0. The Balaban J connectivity index is 0.00000338. The zero-order valence-electron chi connectivity index (χ0n) is 14.5. The summed E-state index contributed by atoms with van der Waals surface area (Å²) in [5.74, 6) is 0.681. The summed E-state index contributed by atoms with van der Waals surface area (Å²) in [5, 5.41) is 7.21. The lowest BCUT2D eigenvalue weighted by molar-refractivity contribution is -0.0504. The Morgan fingerprint density at radius 3 is 2.58 bits per heavy atom. The molecule has 2 N–H and O–H groups in total. The van der Waals surface area contributed by atoms with Crippen molar-refractivity contribution in [3.63, 3.8) is 0 Å². The highest BCUT2D eigenvalue weighted by atomic mass is 127. The second-order valence-electron chi connectivity index (χ2n) is 5.16. The lowest BCUT2D eigenvalue weighted by Gasteiger charge is -2.14. The van der Waals surface area contributed by atoms with Gasteiger partial charge in [0.15, 0.2) is 5.96 Å². The van der Waals surface area contributed by atoms with Crippen LogP contribution in [0.4, 0.5) is 8.78 Å². The van der Waals surface area contributed by atoms with E-state index in [1.165, 1.54) is 10.9 Å². The minimum absolute atomic E-state index is 0. The average Bonchev–Trinajstić information content (AvgIpc) is 2.88. The van der Waals surface area contributed by atoms with Crippen LogP contribution in [0, 0.1) is 13.8 Å². The number of rotatable bonds is 6. The molecule has 0 aliphatic carbocycles. The van der Waals surface area contributed by atoms with Gasteiger partial charge < -0.3 is 15.4 Å². The molecule has 1 aromatic heterocycles. The molecule has 1 heterocycles. The molecule has 5 nitrogen and oxygen atoms in total. The van der Waals surface area contributed by atoms with Gasteiger partial charge in [-0.3, -0.25) is 4.99 Å². The second-order valence-corrected chi connectivity index (χ2v) is 7.36. The molecule has 0 aliphatic heterocycles. The Kier molecular flexibility index (Phi) is 9.72. The normalized spacial score (nSPS) is 11.3. The molecule has 0 saturated carbocycles. The van der Waals surface area contributed by atoms with Crippen LogP contribution < -0.4 is 15.4 Å². The molecule has 0 saturated heterocycles. The monoisotopic (exact) mass is 560 g/mol. The van der Waals surface area contributed by atoms with Gasteiger partial charge in [-0.05, 0) is 32.0 Å². The largest absolute Gasteiger partial charge is 0.434 e. The van der Waals surface area contributed by atoms with Crippen molar-refractivity contribution in [2.75, 3.05) is 7.05 Å². The fourth-order valence-electron chi connectivity index (χ4n) is 2.07. The van der Waals surface area contributed by atoms with Crippen molar-refractivity contribution < 1.29 is 13.5 Å². The number of thiazole rings is 1. The molecule has 1 aromatic carbocycles. The molecule has 0 atom stereocenters. The lowest BCUT2D eigenvalue weighted by atomic mass is 10.2. The molecule has 0 unspecified atom stereocenters. The van der Waals surface area contributed by atoms with Crippen LogP contribution in [-0.2, 0) is 13.1 Å². The highest BCUT2D eigenvalue weighted by Gasteiger charge is 2.11. The smallest absolute Gasteiger partial charge is 0.387 e. The van der Waals surface area contributed by atoms with E-state index in [0.29, 0.717) is 18.1 Å². The summed E-state index contributed by atoms with van der Waals surface area (Å²) in [4.78, 5) is 9.77. The molecule has 2 rings (SSSR count). The molecular weight excluding hydrogens is 541 g/mol. The van der Waals surface area contributed by atoms with Gasteiger partial charge in [0.1, 0.15) is 10.8 Å². The SMILES string of the molecule is CN=C(NCc1nc(C)c(C)s1)NCc1cc(Br)ccc1OC(F)F.I. The first-order valence-corrected chi connectivity index (χ1v) is 9.10. The van der Waals surface area contributed by atoms with Crippen LogP contribution >= 0.6 is 51.2 Å². The van der Waals surface area contributed by atoms with Crippen molar-refractivity contribution >= 4 is 57.2 Å². The number of benzene rings is 1. The molecule has 0 bridgehead atoms. The van der Waals surface area contributed by atoms with Gasteiger partial charge in [-0.1, -0.05) is 15.9 Å². The van der Waals surface area contributed by atoms with Gasteiger partial charge in [0.2, 0.25) is 0 Å². The van der Waals surface area contributed by atoms with E-state index in [-0.39, 0.29) is 36.3 Å². The first-order chi connectivity index (χ1) is 11.9. The Hall–Kier alpha value is -1.01. The van der Waals surface area contributed by atoms with Crippen LogP contribution in [0.25, 0.3) is 0 Å². The maximum Gasteiger partial charge on any atom is 0.387 e. The highest BCUT2D eigenvalue weighted by molar-refractivity contribution is 14.0. The van der Waals surface area contributed by atoms with Crippen LogP contribution in [0.3, 0.4) is 0 Å². The van der Waals surface area contributed by atoms with E-state index in [0.717, 1.165) is 15.2 Å². The van der Waals surface area contributed by atoms with E-state index in [4.69, 9.17) is 0 Å². The van der Waals surface area contributed by atoms with Crippen molar-refractivity contribution in [3.8, 4) is 5.75 Å². The zero-order valence-corrected chi connectivity index (χ0v) is 19.2. The van der Waals surface area contributed by atoms with E-state index in [1.54, 1.807) is 30.5 Å². The number of aromatic nitrogens is 1. The minimum Gasteiger partial charge on any atom is -0.434 e. The van der Waals surface area contributed by atoms with Crippen molar-refractivity contribution in [1.29, 1.82) is 0 Å². The van der Waals surface area contributed by atoms with E-state index in [9.17, 15) is 8.78 Å². The first-order valence-electron chi connectivity index (χ1n) is 7.49. The number of halogens is 4. The lowest BCUT2D eigenvalue weighted by Crippen LogP contribution is -2.36. The number of alkyl halides is 2. The van der Waals surface area contributed by atoms with E-state index in [2.05, 4.69) is 41.3 Å². The average molecular weight is 561 g/mol. The number of ether oxygens (including phenoxy) is 1. The third-order valence-electron chi connectivity index (χ3n) is 3.39. The Morgan fingerprint density at radius 2 is 2.00 bits per heavy atom. The van der Waals surface area contributed by atoms with Crippen LogP contribution in [-0.4, -0.2) is 24.6 Å². The Morgan fingerprint density at radius 1 is 1.31 bits per heavy atom. The van der Waals surface area contributed by atoms with Crippen LogP contribution in [0.2, 0.25) is 0 Å². The fraction of sp³-hybridized carbons (Fsp3) is 0.375. The van der Waals surface area contributed by atoms with Gasteiger partial charge in [-0.2, -0.15) is 8.78 Å². The van der Waals surface area contributed by atoms with Crippen molar-refractivity contribution in [2.45, 2.75) is 33.5 Å². The third-order valence-corrected chi connectivity index (χ3v) is 4.95. The molecule has 0 aliphatic rings. The molecule has 0 amide bonds. The minimum atomic E-state index is -2.87. The molecule has 2 aromatic rings. The van der Waals surface area contributed by atoms with Crippen LogP contribution in [0.1, 0.15) is 21.1 Å². The summed E-state index contributed by atoms with van der Waals surface area (Å²) in [6.07, 6.45) is 0. The van der Waals surface area contributed by atoms with Gasteiger partial charge in [0.05, 0.1) is 12.2 Å². The topological polar surface area (TPSA) is 58.5 Å². The summed E-state index contributed by atoms with van der Waals surface area (Å²) in [5.41, 5.74) is 1.62. The third kappa shape index (κ3) is 6.95.